The van der Waals surface area contributed by atoms with Gasteiger partial charge < -0.3 is 29.7 Å². The third-order valence-electron chi connectivity index (χ3n) is 3.13. The van der Waals surface area contributed by atoms with Crippen molar-refractivity contribution in [3.63, 3.8) is 0 Å². The van der Waals surface area contributed by atoms with Gasteiger partial charge in [0, 0.05) is 0 Å². The molecular weight excluding hydrogens is 405 g/mol. The van der Waals surface area contributed by atoms with E-state index in [9.17, 15) is 28.3 Å². The molecule has 0 amide bonds. The molecule has 10 nitrogen and oxygen atoms in total. The summed E-state index contributed by atoms with van der Waals surface area (Å²) in [5.41, 5.74) is -1.15. The minimum Gasteiger partial charge on any atom is -0.714 e. The van der Waals surface area contributed by atoms with Gasteiger partial charge in [0.2, 0.25) is 0 Å². The second-order valence-electron chi connectivity index (χ2n) is 4.96. The molecule has 1 fully saturated rings. The number of aliphatic hydroxyl groups is 4. The van der Waals surface area contributed by atoms with Gasteiger partial charge in [-0.25, -0.2) is 0 Å². The molecule has 13 heteroatoms. The van der Waals surface area contributed by atoms with E-state index in [1.54, 1.807) is 6.08 Å². The van der Waals surface area contributed by atoms with E-state index in [-0.39, 0.29) is 62.8 Å². The average molecular weight is 426 g/mol. The zero-order valence-corrected chi connectivity index (χ0v) is 18.3. The van der Waals surface area contributed by atoms with Crippen molar-refractivity contribution in [1.29, 1.82) is 0 Å². The van der Waals surface area contributed by atoms with Crippen LogP contribution in [0.3, 0.4) is 0 Å². The minimum absolute atomic E-state index is 0. The van der Waals surface area contributed by atoms with Gasteiger partial charge in [-0.15, -0.1) is 6.58 Å². The summed E-state index contributed by atoms with van der Waals surface area (Å²) in [6, 6.07) is 0. The van der Waals surface area contributed by atoms with Gasteiger partial charge in [-0.3, -0.25) is 4.28 Å². The van der Waals surface area contributed by atoms with Crippen molar-refractivity contribution in [2.75, 3.05) is 6.61 Å². The van der Waals surface area contributed by atoms with Crippen LogP contribution in [0, 0.1) is 0 Å². The van der Waals surface area contributed by atoms with Crippen molar-refractivity contribution in [1.82, 2.24) is 0 Å². The van der Waals surface area contributed by atoms with E-state index in [1.807, 2.05) is 0 Å². The number of hydrogen-bond donors (Lipinski definition) is 4. The number of oxime groups is 1. The first kappa shape index (κ1) is 25.9. The van der Waals surface area contributed by atoms with Crippen molar-refractivity contribution in [2.45, 2.75) is 49.1 Å². The smallest absolute Gasteiger partial charge is 0.714 e. The van der Waals surface area contributed by atoms with E-state index >= 15 is 0 Å². The summed E-state index contributed by atoms with van der Waals surface area (Å²) in [5.74, 6) is 0. The summed E-state index contributed by atoms with van der Waals surface area (Å²) < 4.78 is 40.7. The molecule has 1 rings (SSSR count). The largest absolute Gasteiger partial charge is 1.00 e. The predicted molar refractivity (Wildman–Crippen MR) is 83.6 cm³/mol. The summed E-state index contributed by atoms with van der Waals surface area (Å²) in [7, 11) is -5.04. The third-order valence-corrected chi connectivity index (χ3v) is 4.56. The Labute approximate surface area is 192 Å². The summed E-state index contributed by atoms with van der Waals surface area (Å²) in [6.45, 7) is 2.93. The molecule has 0 saturated carbocycles. The number of allylic oxidation sites excluding steroid dienone is 1. The van der Waals surface area contributed by atoms with Crippen LogP contribution in [0.15, 0.2) is 17.8 Å². The third kappa shape index (κ3) is 9.09. The number of rotatable bonds is 8. The number of nitrogens with zero attached hydrogens (tertiary/aromatic N) is 1. The average Bonchev–Trinajstić information content (AvgIpc) is 2.52. The topological polar surface area (TPSA) is 169 Å². The fourth-order valence-electron chi connectivity index (χ4n) is 1.91. The van der Waals surface area contributed by atoms with Gasteiger partial charge >= 0.3 is 51.4 Å². The molecule has 0 aliphatic carbocycles. The van der Waals surface area contributed by atoms with Crippen molar-refractivity contribution in [2.24, 2.45) is 5.16 Å². The second-order valence-corrected chi connectivity index (χ2v) is 7.10. The maximum Gasteiger partial charge on any atom is 1.00 e. The van der Waals surface area contributed by atoms with Gasteiger partial charge in [-0.2, -0.15) is 8.42 Å². The number of unbranched alkanes of at least 4 members (excludes halogenated alkanes) is 1. The summed E-state index contributed by atoms with van der Waals surface area (Å²) >= 11 is 0.723. The molecule has 5 atom stereocenters. The van der Waals surface area contributed by atoms with Crippen LogP contribution < -0.4 is 51.4 Å². The molecule has 140 valence electrons. The molecule has 0 spiro atoms. The molecule has 0 unspecified atom stereocenters. The van der Waals surface area contributed by atoms with Crippen LogP contribution in [0.4, 0.5) is 0 Å². The Balaban J connectivity index is 0.00000576. The van der Waals surface area contributed by atoms with E-state index in [0.717, 1.165) is 11.8 Å². The molecule has 1 saturated heterocycles. The van der Waals surface area contributed by atoms with Crippen LogP contribution >= 0.6 is 11.8 Å². The number of ether oxygens (including phenoxy) is 1. The van der Waals surface area contributed by atoms with Crippen LogP contribution in [0.1, 0.15) is 19.3 Å². The first-order valence-corrected chi connectivity index (χ1v) is 9.20. The van der Waals surface area contributed by atoms with Crippen LogP contribution in [-0.4, -0.2) is 74.9 Å². The molecule has 1 heterocycles. The molecular formula is C12H20KNO9S2. The molecule has 25 heavy (non-hydrogen) atoms. The molecule has 1 aliphatic heterocycles. The minimum atomic E-state index is -5.04. The number of thioether (sulfide) groups is 1. The molecule has 1 aliphatic rings. The molecule has 0 aromatic carbocycles. The van der Waals surface area contributed by atoms with Crippen LogP contribution in [0.25, 0.3) is 0 Å². The van der Waals surface area contributed by atoms with Gasteiger partial charge in [0.25, 0.3) is 10.4 Å². The number of aliphatic hydroxyl groups excluding tert-OH is 4. The van der Waals surface area contributed by atoms with Gasteiger partial charge in [0.1, 0.15) is 34.9 Å². The zero-order chi connectivity index (χ0) is 18.3. The summed E-state index contributed by atoms with van der Waals surface area (Å²) in [6.07, 6.45) is -2.82. The Morgan fingerprint density at radius 1 is 1.32 bits per heavy atom. The van der Waals surface area contributed by atoms with E-state index in [0.29, 0.717) is 12.8 Å². The Morgan fingerprint density at radius 2 is 1.96 bits per heavy atom. The molecule has 4 N–H and O–H groups in total. The van der Waals surface area contributed by atoms with Crippen LogP contribution in [0.2, 0.25) is 0 Å². The molecule has 0 aromatic heterocycles. The fraction of sp³-hybridized carbons (Fsp3) is 0.750. The Kier molecular flexibility index (Phi) is 12.8. The van der Waals surface area contributed by atoms with E-state index in [1.165, 1.54) is 0 Å². The second kappa shape index (κ2) is 12.4. The monoisotopic (exact) mass is 425 g/mol. The fourth-order valence-corrected chi connectivity index (χ4v) is 3.25. The SMILES string of the molecule is C=CCCCC(=NOS(=O)(=O)[O-])S[C@@H]1O[C@H](CO)[C@@H](O)[C@H](O)[C@H]1O.[K+]. The first-order chi connectivity index (χ1) is 11.2. The molecule has 0 radical (unpaired) electrons. The van der Waals surface area contributed by atoms with Gasteiger partial charge in [0.05, 0.1) is 6.61 Å². The van der Waals surface area contributed by atoms with Gasteiger partial charge in [-0.1, -0.05) is 23.0 Å². The molecule has 0 aromatic rings. The summed E-state index contributed by atoms with van der Waals surface area (Å²) in [5, 5.41) is 41.8. The quantitative estimate of drug-likeness (QED) is 0.0436. The Morgan fingerprint density at radius 3 is 2.48 bits per heavy atom. The van der Waals surface area contributed by atoms with Gasteiger partial charge in [-0.05, 0) is 19.3 Å². The zero-order valence-electron chi connectivity index (χ0n) is 13.6. The maximum absolute atomic E-state index is 10.5. The van der Waals surface area contributed by atoms with Crippen LogP contribution in [-0.2, 0) is 19.4 Å². The Bertz CT molecular complexity index is 543. The van der Waals surface area contributed by atoms with Gasteiger partial charge in [0.15, 0.2) is 0 Å². The van der Waals surface area contributed by atoms with Crippen molar-refractivity contribution in [3.8, 4) is 0 Å². The first-order valence-electron chi connectivity index (χ1n) is 6.99. The normalized spacial score (nSPS) is 30.4. The van der Waals surface area contributed by atoms with E-state index in [2.05, 4.69) is 16.0 Å². The van der Waals surface area contributed by atoms with E-state index in [4.69, 9.17) is 9.84 Å². The number of hydrogen-bond acceptors (Lipinski definition) is 11. The maximum atomic E-state index is 10.5. The standard InChI is InChI=1S/C12H21NO9S2.K/c1-2-3-4-5-8(13-22-24(18,19)20)23-12-11(17)10(16)9(15)7(6-14)21-12;/h2,7,9-12,14-17H,1,3-6H2,(H,18,19,20);/q;+1/p-1/t7-,9-,10+,11-,12+;/m1./s1. The Hall–Kier alpha value is 0.906. The van der Waals surface area contributed by atoms with Crippen LogP contribution in [0.5, 0.6) is 0 Å². The van der Waals surface area contributed by atoms with Crippen molar-refractivity contribution < 1.29 is 93.8 Å². The van der Waals surface area contributed by atoms with E-state index < -0.39 is 46.9 Å². The van der Waals surface area contributed by atoms with Crippen molar-refractivity contribution in [3.05, 3.63) is 12.7 Å². The predicted octanol–water partition coefficient (Wildman–Crippen LogP) is -4.33. The molecule has 0 bridgehead atoms. The van der Waals surface area contributed by atoms with Crippen molar-refractivity contribution >= 4 is 27.2 Å². The summed E-state index contributed by atoms with van der Waals surface area (Å²) in [4.78, 5) is 0.